The fraction of sp³-hybridized carbons (Fsp3) is 0.917. The van der Waals surface area contributed by atoms with E-state index >= 15 is 0 Å². The Hall–Kier alpha value is -0.570. The molecule has 0 spiro atoms. The molecule has 0 unspecified atom stereocenters. The van der Waals surface area contributed by atoms with Gasteiger partial charge >= 0.3 is 5.97 Å². The van der Waals surface area contributed by atoms with Gasteiger partial charge in [0.15, 0.2) is 0 Å². The molecular formula is C12H21NO2. The van der Waals surface area contributed by atoms with Crippen LogP contribution in [0.1, 0.15) is 39.5 Å². The Kier molecular flexibility index (Phi) is 3.01. The van der Waals surface area contributed by atoms with Crippen molar-refractivity contribution in [2.24, 2.45) is 11.3 Å². The lowest BCUT2D eigenvalue weighted by Crippen LogP contribution is -2.32. The highest BCUT2D eigenvalue weighted by molar-refractivity contribution is 5.71. The molecule has 15 heavy (non-hydrogen) atoms. The third-order valence-corrected chi connectivity index (χ3v) is 3.45. The van der Waals surface area contributed by atoms with Gasteiger partial charge in [0, 0.05) is 6.54 Å². The number of esters is 1. The third kappa shape index (κ3) is 2.94. The van der Waals surface area contributed by atoms with E-state index in [-0.39, 0.29) is 12.1 Å². The quantitative estimate of drug-likeness (QED) is 0.680. The Morgan fingerprint density at radius 3 is 2.60 bits per heavy atom. The van der Waals surface area contributed by atoms with Crippen LogP contribution in [0.3, 0.4) is 0 Å². The highest BCUT2D eigenvalue weighted by Crippen LogP contribution is 2.60. The highest BCUT2D eigenvalue weighted by atomic mass is 16.5. The Morgan fingerprint density at radius 2 is 2.13 bits per heavy atom. The Balaban J connectivity index is 1.60. The van der Waals surface area contributed by atoms with Crippen LogP contribution in [-0.4, -0.2) is 25.2 Å². The largest absolute Gasteiger partial charge is 0.462 e. The van der Waals surface area contributed by atoms with Gasteiger partial charge in [0.1, 0.15) is 0 Å². The summed E-state index contributed by atoms with van der Waals surface area (Å²) in [5.41, 5.74) is 0.568. The molecule has 0 amide bonds. The van der Waals surface area contributed by atoms with E-state index in [0.29, 0.717) is 12.0 Å². The standard InChI is InChI=1S/C12H21NO2/c1-9(2)15-11(14)7-13-8-12(5-6-12)10-3-4-10/h9-10,13H,3-8H2,1-2H3. The summed E-state index contributed by atoms with van der Waals surface area (Å²) in [5.74, 6) is 0.822. The van der Waals surface area contributed by atoms with Gasteiger partial charge in [-0.05, 0) is 50.9 Å². The van der Waals surface area contributed by atoms with E-state index in [1.807, 2.05) is 13.8 Å². The summed E-state index contributed by atoms with van der Waals surface area (Å²) in [6.07, 6.45) is 5.50. The second-order valence-corrected chi connectivity index (χ2v) is 5.28. The smallest absolute Gasteiger partial charge is 0.320 e. The monoisotopic (exact) mass is 211 g/mol. The maximum Gasteiger partial charge on any atom is 0.320 e. The van der Waals surface area contributed by atoms with Gasteiger partial charge < -0.3 is 10.1 Å². The van der Waals surface area contributed by atoms with Crippen LogP contribution in [-0.2, 0) is 9.53 Å². The van der Waals surface area contributed by atoms with E-state index in [0.717, 1.165) is 12.5 Å². The number of ether oxygens (including phenoxy) is 1. The minimum Gasteiger partial charge on any atom is -0.462 e. The molecule has 0 aromatic rings. The lowest BCUT2D eigenvalue weighted by atomic mass is 10.0. The molecule has 0 aromatic carbocycles. The van der Waals surface area contributed by atoms with E-state index in [1.54, 1.807) is 0 Å². The molecule has 2 rings (SSSR count). The molecular weight excluding hydrogens is 190 g/mol. The number of carbonyl (C=O) groups excluding carboxylic acids is 1. The number of carbonyl (C=O) groups is 1. The van der Waals surface area contributed by atoms with E-state index in [1.165, 1.54) is 25.7 Å². The minimum absolute atomic E-state index is 0.00221. The molecule has 2 saturated carbocycles. The molecule has 86 valence electrons. The Labute approximate surface area is 91.6 Å². The average Bonchev–Trinajstić information content (AvgIpc) is 2.98. The molecule has 0 saturated heterocycles. The molecule has 0 radical (unpaired) electrons. The van der Waals surface area contributed by atoms with Crippen molar-refractivity contribution in [2.45, 2.75) is 45.6 Å². The van der Waals surface area contributed by atoms with Gasteiger partial charge in [-0.15, -0.1) is 0 Å². The first-order valence-electron chi connectivity index (χ1n) is 6.03. The van der Waals surface area contributed by atoms with Crippen LogP contribution in [0.5, 0.6) is 0 Å². The molecule has 0 aromatic heterocycles. The van der Waals surface area contributed by atoms with Crippen molar-refractivity contribution >= 4 is 5.97 Å². The summed E-state index contributed by atoms with van der Waals surface area (Å²) >= 11 is 0. The van der Waals surface area contributed by atoms with Crippen molar-refractivity contribution in [3.05, 3.63) is 0 Å². The average molecular weight is 211 g/mol. The zero-order valence-corrected chi connectivity index (χ0v) is 9.71. The molecule has 3 nitrogen and oxygen atoms in total. The zero-order valence-electron chi connectivity index (χ0n) is 9.71. The number of rotatable bonds is 6. The summed E-state index contributed by atoms with van der Waals surface area (Å²) < 4.78 is 5.06. The van der Waals surface area contributed by atoms with Crippen molar-refractivity contribution in [3.8, 4) is 0 Å². The molecule has 0 heterocycles. The molecule has 2 aliphatic carbocycles. The predicted molar refractivity (Wildman–Crippen MR) is 58.5 cm³/mol. The van der Waals surface area contributed by atoms with Gasteiger partial charge in [0.25, 0.3) is 0 Å². The van der Waals surface area contributed by atoms with Crippen molar-refractivity contribution in [1.29, 1.82) is 0 Å². The summed E-state index contributed by atoms with van der Waals surface area (Å²) in [5, 5.41) is 3.24. The van der Waals surface area contributed by atoms with Crippen LogP contribution < -0.4 is 5.32 Å². The molecule has 0 atom stereocenters. The van der Waals surface area contributed by atoms with Gasteiger partial charge in [-0.2, -0.15) is 0 Å². The first-order chi connectivity index (χ1) is 7.12. The van der Waals surface area contributed by atoms with E-state index in [9.17, 15) is 4.79 Å². The molecule has 2 aliphatic rings. The van der Waals surface area contributed by atoms with Gasteiger partial charge in [-0.25, -0.2) is 0 Å². The summed E-state index contributed by atoms with van der Waals surface area (Å²) in [6, 6.07) is 0. The first kappa shape index (κ1) is 10.9. The van der Waals surface area contributed by atoms with E-state index in [4.69, 9.17) is 4.74 Å². The molecule has 0 aliphatic heterocycles. The van der Waals surface area contributed by atoms with Gasteiger partial charge in [-0.3, -0.25) is 4.79 Å². The Bertz CT molecular complexity index is 242. The van der Waals surface area contributed by atoms with Gasteiger partial charge in [0.05, 0.1) is 12.6 Å². The second kappa shape index (κ2) is 4.12. The first-order valence-corrected chi connectivity index (χ1v) is 6.03. The Morgan fingerprint density at radius 1 is 1.47 bits per heavy atom. The number of hydrogen-bond acceptors (Lipinski definition) is 3. The van der Waals surface area contributed by atoms with Gasteiger partial charge in [-0.1, -0.05) is 0 Å². The summed E-state index contributed by atoms with van der Waals surface area (Å²) in [6.45, 7) is 5.13. The maximum atomic E-state index is 11.3. The molecule has 3 heteroatoms. The highest BCUT2D eigenvalue weighted by Gasteiger charge is 2.53. The van der Waals surface area contributed by atoms with Crippen molar-refractivity contribution < 1.29 is 9.53 Å². The fourth-order valence-electron chi connectivity index (χ4n) is 2.30. The summed E-state index contributed by atoms with van der Waals surface area (Å²) in [4.78, 5) is 11.3. The van der Waals surface area contributed by atoms with E-state index < -0.39 is 0 Å². The second-order valence-electron chi connectivity index (χ2n) is 5.28. The van der Waals surface area contributed by atoms with Crippen LogP contribution >= 0.6 is 0 Å². The van der Waals surface area contributed by atoms with Crippen LogP contribution in [0, 0.1) is 11.3 Å². The van der Waals surface area contributed by atoms with Crippen molar-refractivity contribution in [1.82, 2.24) is 5.32 Å². The lowest BCUT2D eigenvalue weighted by Gasteiger charge is -2.15. The SMILES string of the molecule is CC(C)OC(=O)CNCC1(C2CC2)CC1. The minimum atomic E-state index is -0.128. The lowest BCUT2D eigenvalue weighted by molar-refractivity contribution is -0.146. The van der Waals surface area contributed by atoms with Crippen molar-refractivity contribution in [2.75, 3.05) is 13.1 Å². The normalized spacial score (nSPS) is 22.9. The fourth-order valence-corrected chi connectivity index (χ4v) is 2.30. The van der Waals surface area contributed by atoms with E-state index in [2.05, 4.69) is 5.32 Å². The molecule has 2 fully saturated rings. The predicted octanol–water partition coefficient (Wildman–Crippen LogP) is 1.72. The number of hydrogen-bond donors (Lipinski definition) is 1. The van der Waals surface area contributed by atoms with Gasteiger partial charge in [0.2, 0.25) is 0 Å². The number of nitrogens with one attached hydrogen (secondary N) is 1. The van der Waals surface area contributed by atoms with Crippen LogP contribution in [0.15, 0.2) is 0 Å². The van der Waals surface area contributed by atoms with Crippen LogP contribution in [0.25, 0.3) is 0 Å². The van der Waals surface area contributed by atoms with Crippen LogP contribution in [0.4, 0.5) is 0 Å². The molecule has 0 bridgehead atoms. The summed E-state index contributed by atoms with van der Waals surface area (Å²) in [7, 11) is 0. The zero-order chi connectivity index (χ0) is 10.9. The van der Waals surface area contributed by atoms with Crippen LogP contribution in [0.2, 0.25) is 0 Å². The van der Waals surface area contributed by atoms with Crippen molar-refractivity contribution in [3.63, 3.8) is 0 Å². The molecule has 1 N–H and O–H groups in total. The third-order valence-electron chi connectivity index (χ3n) is 3.45. The maximum absolute atomic E-state index is 11.3. The topological polar surface area (TPSA) is 38.3 Å².